The Labute approximate surface area is 188 Å². The Balaban J connectivity index is 1.18. The minimum atomic E-state index is -0.449. The van der Waals surface area contributed by atoms with Gasteiger partial charge in [-0.1, -0.05) is 0 Å². The number of nitrogens with zero attached hydrogens (tertiary/aromatic N) is 4. The summed E-state index contributed by atoms with van der Waals surface area (Å²) in [4.78, 5) is 26.7. The zero-order chi connectivity index (χ0) is 22.3. The highest BCUT2D eigenvalue weighted by molar-refractivity contribution is 6.00. The predicted molar refractivity (Wildman–Crippen MR) is 125 cm³/mol. The van der Waals surface area contributed by atoms with E-state index in [0.717, 1.165) is 68.2 Å². The summed E-state index contributed by atoms with van der Waals surface area (Å²) in [5.74, 6) is 0. The summed E-state index contributed by atoms with van der Waals surface area (Å²) in [6.07, 6.45) is 12.2. The van der Waals surface area contributed by atoms with Gasteiger partial charge in [-0.2, -0.15) is 0 Å². The first kappa shape index (κ1) is 21.2. The molecule has 2 fully saturated rings. The average Bonchev–Trinajstić information content (AvgIpc) is 3.49. The van der Waals surface area contributed by atoms with Crippen LogP contribution >= 0.6 is 0 Å². The van der Waals surface area contributed by atoms with Gasteiger partial charge in [-0.25, -0.2) is 14.8 Å². The molecule has 1 aliphatic carbocycles. The fraction of sp³-hybridized carbons (Fsp3) is 0.625. The zero-order valence-electron chi connectivity index (χ0n) is 19.3. The summed E-state index contributed by atoms with van der Waals surface area (Å²) in [7, 11) is 0. The van der Waals surface area contributed by atoms with Crippen molar-refractivity contribution in [2.45, 2.75) is 83.0 Å². The van der Waals surface area contributed by atoms with E-state index >= 15 is 0 Å². The summed E-state index contributed by atoms with van der Waals surface area (Å²) >= 11 is 0. The molecule has 0 radical (unpaired) electrons. The van der Waals surface area contributed by atoms with Crippen molar-refractivity contribution in [3.63, 3.8) is 0 Å². The number of pyridine rings is 1. The monoisotopic (exact) mass is 438 g/mol. The second-order valence-electron chi connectivity index (χ2n) is 10.3. The summed E-state index contributed by atoms with van der Waals surface area (Å²) in [6, 6.07) is 3.28. The van der Waals surface area contributed by atoms with Crippen molar-refractivity contribution < 1.29 is 9.53 Å². The predicted octanol–water partition coefficient (Wildman–Crippen LogP) is 4.39. The maximum Gasteiger partial charge on any atom is 0.410 e. The van der Waals surface area contributed by atoms with Crippen molar-refractivity contribution in [2.24, 2.45) is 0 Å². The Bertz CT molecular complexity index is 1090. The molecule has 1 saturated heterocycles. The number of amides is 1. The fourth-order valence-electron chi connectivity index (χ4n) is 5.28. The van der Waals surface area contributed by atoms with Crippen LogP contribution in [0.25, 0.3) is 22.1 Å². The molecule has 1 atom stereocenters. The first-order chi connectivity index (χ1) is 15.4. The SMILES string of the molecule is CC(C)(C)OC(=O)N1CCC[C@@H]1CNC1CCC(n2cnc3cnc4[nH]ccc4c32)CC1. The molecule has 32 heavy (non-hydrogen) atoms. The van der Waals surface area contributed by atoms with Gasteiger partial charge in [0.2, 0.25) is 0 Å². The molecule has 2 aliphatic rings. The Hall–Kier alpha value is -2.61. The lowest BCUT2D eigenvalue weighted by Crippen LogP contribution is -2.46. The number of aromatic nitrogens is 4. The third-order valence-electron chi connectivity index (χ3n) is 6.86. The number of imidazole rings is 1. The molecule has 1 saturated carbocycles. The molecule has 2 N–H and O–H groups in total. The number of nitrogens with one attached hydrogen (secondary N) is 2. The van der Waals surface area contributed by atoms with Crippen LogP contribution < -0.4 is 5.32 Å². The lowest BCUT2D eigenvalue weighted by Gasteiger charge is -2.33. The highest BCUT2D eigenvalue weighted by atomic mass is 16.6. The highest BCUT2D eigenvalue weighted by Gasteiger charge is 2.33. The van der Waals surface area contributed by atoms with Crippen LogP contribution in [0.4, 0.5) is 4.79 Å². The van der Waals surface area contributed by atoms with Gasteiger partial charge in [0, 0.05) is 42.8 Å². The summed E-state index contributed by atoms with van der Waals surface area (Å²) in [5, 5.41) is 4.89. The van der Waals surface area contributed by atoms with E-state index in [1.807, 2.05) is 44.4 Å². The Morgan fingerprint density at radius 2 is 2.03 bits per heavy atom. The molecule has 3 aromatic heterocycles. The second kappa shape index (κ2) is 8.39. The highest BCUT2D eigenvalue weighted by Crippen LogP contribution is 2.33. The van der Waals surface area contributed by atoms with Gasteiger partial charge in [-0.05, 0) is 65.4 Å². The van der Waals surface area contributed by atoms with Gasteiger partial charge in [0.25, 0.3) is 0 Å². The Morgan fingerprint density at radius 3 is 2.81 bits per heavy atom. The zero-order valence-corrected chi connectivity index (χ0v) is 19.3. The number of fused-ring (bicyclic) bond motifs is 3. The largest absolute Gasteiger partial charge is 0.444 e. The Morgan fingerprint density at radius 1 is 1.22 bits per heavy atom. The molecular weight excluding hydrogens is 404 g/mol. The van der Waals surface area contributed by atoms with Crippen LogP contribution in [0.3, 0.4) is 0 Å². The van der Waals surface area contributed by atoms with E-state index in [1.165, 1.54) is 5.52 Å². The molecule has 8 heteroatoms. The summed E-state index contributed by atoms with van der Waals surface area (Å²) in [6.45, 7) is 7.41. The van der Waals surface area contributed by atoms with Gasteiger partial charge < -0.3 is 24.5 Å². The van der Waals surface area contributed by atoms with E-state index in [2.05, 4.69) is 30.9 Å². The number of H-pyrrole nitrogens is 1. The third-order valence-corrected chi connectivity index (χ3v) is 6.86. The maximum atomic E-state index is 12.5. The van der Waals surface area contributed by atoms with Crippen LogP contribution in [0, 0.1) is 0 Å². The van der Waals surface area contributed by atoms with Crippen molar-refractivity contribution in [3.8, 4) is 0 Å². The standard InChI is InChI=1S/C24H34N6O2/c1-24(2,3)32-23(31)29-12-4-5-18(29)13-26-16-6-8-17(9-7-16)30-15-28-20-14-27-22-19(21(20)30)10-11-25-22/h10-11,14-18,26H,4-9,12-13H2,1-3H3,(H,25,27)/t16?,17?,18-/m1/s1. The van der Waals surface area contributed by atoms with Crippen molar-refractivity contribution in [3.05, 3.63) is 24.8 Å². The van der Waals surface area contributed by atoms with Crippen LogP contribution in [-0.4, -0.2) is 61.3 Å². The molecular formula is C24H34N6O2. The minimum absolute atomic E-state index is 0.178. The lowest BCUT2D eigenvalue weighted by atomic mass is 9.90. The number of rotatable bonds is 4. The smallest absolute Gasteiger partial charge is 0.410 e. The first-order valence-electron chi connectivity index (χ1n) is 11.9. The van der Waals surface area contributed by atoms with Crippen molar-refractivity contribution >= 4 is 28.2 Å². The lowest BCUT2D eigenvalue weighted by molar-refractivity contribution is 0.0223. The number of ether oxygens (including phenoxy) is 1. The van der Waals surface area contributed by atoms with E-state index < -0.39 is 5.60 Å². The molecule has 0 spiro atoms. The number of hydrogen-bond acceptors (Lipinski definition) is 5. The summed E-state index contributed by atoms with van der Waals surface area (Å²) < 4.78 is 7.95. The van der Waals surface area contributed by atoms with E-state index in [0.29, 0.717) is 12.1 Å². The van der Waals surface area contributed by atoms with Gasteiger partial charge in [0.05, 0.1) is 18.0 Å². The van der Waals surface area contributed by atoms with E-state index in [9.17, 15) is 4.79 Å². The first-order valence-corrected chi connectivity index (χ1v) is 11.9. The number of carbonyl (C=O) groups is 1. The number of aromatic amines is 1. The van der Waals surface area contributed by atoms with Crippen LogP contribution in [0.1, 0.15) is 65.3 Å². The quantitative estimate of drug-likeness (QED) is 0.631. The molecule has 1 amide bonds. The van der Waals surface area contributed by atoms with Gasteiger partial charge in [-0.15, -0.1) is 0 Å². The summed E-state index contributed by atoms with van der Waals surface area (Å²) in [5.41, 5.74) is 2.61. The van der Waals surface area contributed by atoms with Crippen LogP contribution in [0.15, 0.2) is 24.8 Å². The molecule has 3 aromatic rings. The second-order valence-corrected chi connectivity index (χ2v) is 10.3. The molecule has 0 unspecified atom stereocenters. The molecule has 5 rings (SSSR count). The van der Waals surface area contributed by atoms with Crippen molar-refractivity contribution in [1.82, 2.24) is 29.7 Å². The molecule has 4 heterocycles. The van der Waals surface area contributed by atoms with Crippen LogP contribution in [0.2, 0.25) is 0 Å². The van der Waals surface area contributed by atoms with Gasteiger partial charge in [-0.3, -0.25) is 0 Å². The molecule has 8 nitrogen and oxygen atoms in total. The molecule has 0 bridgehead atoms. The van der Waals surface area contributed by atoms with Crippen LogP contribution in [0.5, 0.6) is 0 Å². The average molecular weight is 439 g/mol. The van der Waals surface area contributed by atoms with Gasteiger partial charge >= 0.3 is 6.09 Å². The molecule has 172 valence electrons. The maximum absolute atomic E-state index is 12.5. The fourth-order valence-corrected chi connectivity index (χ4v) is 5.28. The third kappa shape index (κ3) is 4.20. The van der Waals surface area contributed by atoms with Crippen LogP contribution in [-0.2, 0) is 4.74 Å². The normalized spacial score (nSPS) is 24.5. The number of hydrogen-bond donors (Lipinski definition) is 2. The topological polar surface area (TPSA) is 88.1 Å². The minimum Gasteiger partial charge on any atom is -0.444 e. The Kier molecular flexibility index (Phi) is 5.57. The van der Waals surface area contributed by atoms with E-state index in [1.54, 1.807) is 0 Å². The van der Waals surface area contributed by atoms with E-state index in [-0.39, 0.29) is 12.1 Å². The van der Waals surface area contributed by atoms with E-state index in [4.69, 9.17) is 4.74 Å². The van der Waals surface area contributed by atoms with Crippen molar-refractivity contribution in [1.29, 1.82) is 0 Å². The molecule has 0 aromatic carbocycles. The van der Waals surface area contributed by atoms with Gasteiger partial charge in [0.1, 0.15) is 16.8 Å². The number of carbonyl (C=O) groups excluding carboxylic acids is 1. The van der Waals surface area contributed by atoms with Gasteiger partial charge in [0.15, 0.2) is 0 Å². The number of likely N-dealkylation sites (tertiary alicyclic amines) is 1. The molecule has 1 aliphatic heterocycles. The van der Waals surface area contributed by atoms with Crippen molar-refractivity contribution in [2.75, 3.05) is 13.1 Å².